The van der Waals surface area contributed by atoms with Crippen molar-refractivity contribution in [2.75, 3.05) is 38.6 Å². The molecule has 1 unspecified atom stereocenters. The van der Waals surface area contributed by atoms with Crippen molar-refractivity contribution in [1.29, 1.82) is 0 Å². The van der Waals surface area contributed by atoms with E-state index in [9.17, 15) is 14.4 Å². The van der Waals surface area contributed by atoms with Crippen LogP contribution in [0.15, 0.2) is 18.2 Å². The first-order chi connectivity index (χ1) is 13.3. The van der Waals surface area contributed by atoms with E-state index in [-0.39, 0.29) is 30.9 Å². The van der Waals surface area contributed by atoms with Crippen molar-refractivity contribution >= 4 is 23.5 Å². The number of carbonyl (C=O) groups is 3. The fourth-order valence-electron chi connectivity index (χ4n) is 3.61. The van der Waals surface area contributed by atoms with E-state index in [4.69, 9.17) is 4.74 Å². The van der Waals surface area contributed by atoms with Crippen LogP contribution in [-0.2, 0) is 19.1 Å². The Kier molecular flexibility index (Phi) is 7.99. The normalized spacial score (nSPS) is 17.7. The number of hydrogen-bond acceptors (Lipinski definition) is 4. The molecule has 2 atom stereocenters. The van der Waals surface area contributed by atoms with E-state index in [0.717, 1.165) is 34.6 Å². The highest BCUT2D eigenvalue weighted by Gasteiger charge is 2.34. The van der Waals surface area contributed by atoms with Crippen LogP contribution in [0.25, 0.3) is 0 Å². The number of aryl methyl sites for hydroxylation is 2. The lowest BCUT2D eigenvalue weighted by molar-refractivity contribution is -0.862. The number of piperidine rings is 1. The van der Waals surface area contributed by atoms with E-state index in [1.165, 1.54) is 0 Å². The molecule has 0 saturated carbocycles. The van der Waals surface area contributed by atoms with Crippen molar-refractivity contribution in [1.82, 2.24) is 4.90 Å². The first kappa shape index (κ1) is 21.9. The molecule has 1 heterocycles. The molecule has 0 bridgehead atoms. The molecule has 0 spiro atoms. The van der Waals surface area contributed by atoms with Gasteiger partial charge < -0.3 is 19.9 Å². The van der Waals surface area contributed by atoms with E-state index >= 15 is 0 Å². The molecule has 7 heteroatoms. The number of carbonyl (C=O) groups excluding carboxylic acids is 3. The number of benzene rings is 1. The smallest absolute Gasteiger partial charge is 0.328 e. The second-order valence-electron chi connectivity index (χ2n) is 7.48. The van der Waals surface area contributed by atoms with Gasteiger partial charge in [-0.05, 0) is 51.2 Å². The SMILES string of the molecule is CCOC(=O)[C@H]1CCCCN1C(=O)C[NH+](C)CC(=O)Nc1c(C)cccc1C. The number of anilines is 1. The average molecular weight is 391 g/mol. The van der Waals surface area contributed by atoms with E-state index in [1.807, 2.05) is 39.1 Å². The molecule has 28 heavy (non-hydrogen) atoms. The highest BCUT2D eigenvalue weighted by Crippen LogP contribution is 2.19. The van der Waals surface area contributed by atoms with Gasteiger partial charge in [-0.25, -0.2) is 4.79 Å². The molecule has 2 rings (SSSR count). The third-order valence-corrected chi connectivity index (χ3v) is 5.04. The molecule has 1 aromatic carbocycles. The van der Waals surface area contributed by atoms with Crippen LogP contribution in [0.1, 0.15) is 37.3 Å². The molecular formula is C21H32N3O4+. The van der Waals surface area contributed by atoms with Crippen molar-refractivity contribution in [3.8, 4) is 0 Å². The van der Waals surface area contributed by atoms with Gasteiger partial charge in [-0.2, -0.15) is 0 Å². The summed E-state index contributed by atoms with van der Waals surface area (Å²) in [6.45, 7) is 6.88. The molecule has 1 aliphatic heterocycles. The van der Waals surface area contributed by atoms with Crippen LogP contribution >= 0.6 is 0 Å². The van der Waals surface area contributed by atoms with Gasteiger partial charge in [-0.3, -0.25) is 9.59 Å². The molecular weight excluding hydrogens is 358 g/mol. The Balaban J connectivity index is 1.92. The van der Waals surface area contributed by atoms with Gasteiger partial charge in [-0.1, -0.05) is 18.2 Å². The number of quaternary nitrogens is 1. The van der Waals surface area contributed by atoms with Crippen molar-refractivity contribution in [3.63, 3.8) is 0 Å². The first-order valence-corrected chi connectivity index (χ1v) is 9.97. The number of nitrogens with one attached hydrogen (secondary N) is 2. The molecule has 2 N–H and O–H groups in total. The second-order valence-corrected chi connectivity index (χ2v) is 7.48. The molecule has 1 fully saturated rings. The van der Waals surface area contributed by atoms with Gasteiger partial charge in [0, 0.05) is 12.2 Å². The standard InChI is InChI=1S/C21H31N3O4/c1-5-28-21(27)17-11-6-7-12-24(17)19(26)14-23(4)13-18(25)22-20-15(2)9-8-10-16(20)3/h8-10,17H,5-7,11-14H2,1-4H3,(H,22,25)/p+1/t17-/m1/s1. The Morgan fingerprint density at radius 2 is 1.86 bits per heavy atom. The number of amides is 2. The van der Waals surface area contributed by atoms with E-state index < -0.39 is 6.04 Å². The Hall–Kier alpha value is -2.41. The average Bonchev–Trinajstić information content (AvgIpc) is 2.65. The quantitative estimate of drug-likeness (QED) is 0.672. The lowest BCUT2D eigenvalue weighted by Gasteiger charge is -2.34. The fourth-order valence-corrected chi connectivity index (χ4v) is 3.61. The van der Waals surface area contributed by atoms with Crippen LogP contribution < -0.4 is 10.2 Å². The summed E-state index contributed by atoms with van der Waals surface area (Å²) in [6, 6.07) is 5.36. The van der Waals surface area contributed by atoms with Gasteiger partial charge in [0.05, 0.1) is 13.7 Å². The van der Waals surface area contributed by atoms with Crippen LogP contribution in [-0.4, -0.2) is 62.0 Å². The van der Waals surface area contributed by atoms with Gasteiger partial charge in [-0.15, -0.1) is 0 Å². The zero-order valence-corrected chi connectivity index (χ0v) is 17.3. The van der Waals surface area contributed by atoms with Gasteiger partial charge in [0.25, 0.3) is 11.8 Å². The zero-order valence-electron chi connectivity index (χ0n) is 17.3. The van der Waals surface area contributed by atoms with Crippen LogP contribution in [0, 0.1) is 13.8 Å². The molecule has 2 amide bonds. The minimum Gasteiger partial charge on any atom is -0.464 e. The summed E-state index contributed by atoms with van der Waals surface area (Å²) < 4.78 is 5.12. The van der Waals surface area contributed by atoms with E-state index in [1.54, 1.807) is 11.8 Å². The lowest BCUT2D eigenvalue weighted by Crippen LogP contribution is -3.11. The van der Waals surface area contributed by atoms with Gasteiger partial charge in [0.2, 0.25) is 0 Å². The number of ether oxygens (including phenoxy) is 1. The molecule has 154 valence electrons. The summed E-state index contributed by atoms with van der Waals surface area (Å²) in [6.07, 6.45) is 2.43. The predicted molar refractivity (Wildman–Crippen MR) is 107 cm³/mol. The summed E-state index contributed by atoms with van der Waals surface area (Å²) >= 11 is 0. The number of esters is 1. The number of likely N-dealkylation sites (N-methyl/N-ethyl adjacent to an activating group) is 1. The van der Waals surface area contributed by atoms with Gasteiger partial charge in [0.15, 0.2) is 13.1 Å². The predicted octanol–water partition coefficient (Wildman–Crippen LogP) is 0.701. The molecule has 1 aliphatic rings. The van der Waals surface area contributed by atoms with E-state index in [0.29, 0.717) is 19.6 Å². The highest BCUT2D eigenvalue weighted by atomic mass is 16.5. The van der Waals surface area contributed by atoms with Crippen LogP contribution in [0.3, 0.4) is 0 Å². The number of rotatable bonds is 7. The zero-order chi connectivity index (χ0) is 20.7. The minimum absolute atomic E-state index is 0.116. The summed E-state index contributed by atoms with van der Waals surface area (Å²) in [5.41, 5.74) is 2.84. The van der Waals surface area contributed by atoms with Crippen LogP contribution in [0.4, 0.5) is 5.69 Å². The Morgan fingerprint density at radius 3 is 2.50 bits per heavy atom. The number of likely N-dealkylation sites (tertiary alicyclic amines) is 1. The monoisotopic (exact) mass is 390 g/mol. The van der Waals surface area contributed by atoms with Crippen molar-refractivity contribution < 1.29 is 24.0 Å². The summed E-state index contributed by atoms with van der Waals surface area (Å²) in [5.74, 6) is -0.584. The molecule has 7 nitrogen and oxygen atoms in total. The van der Waals surface area contributed by atoms with Crippen LogP contribution in [0.2, 0.25) is 0 Å². The number of nitrogens with zero attached hydrogens (tertiary/aromatic N) is 1. The highest BCUT2D eigenvalue weighted by molar-refractivity contribution is 5.93. The molecule has 0 radical (unpaired) electrons. The summed E-state index contributed by atoms with van der Waals surface area (Å²) in [7, 11) is 1.81. The summed E-state index contributed by atoms with van der Waals surface area (Å²) in [4.78, 5) is 39.7. The number of hydrogen-bond donors (Lipinski definition) is 2. The molecule has 0 aliphatic carbocycles. The summed E-state index contributed by atoms with van der Waals surface area (Å²) in [5, 5.41) is 2.95. The topological polar surface area (TPSA) is 80.2 Å². The Bertz CT molecular complexity index is 699. The molecule has 0 aromatic heterocycles. The maximum atomic E-state index is 12.7. The third kappa shape index (κ3) is 5.79. The number of para-hydroxylation sites is 1. The van der Waals surface area contributed by atoms with Crippen molar-refractivity contribution in [2.24, 2.45) is 0 Å². The second kappa shape index (κ2) is 10.2. The van der Waals surface area contributed by atoms with Crippen LogP contribution in [0.5, 0.6) is 0 Å². The maximum absolute atomic E-state index is 12.7. The first-order valence-electron chi connectivity index (χ1n) is 9.97. The lowest BCUT2D eigenvalue weighted by atomic mass is 10.0. The minimum atomic E-state index is -0.502. The van der Waals surface area contributed by atoms with E-state index in [2.05, 4.69) is 5.32 Å². The Morgan fingerprint density at radius 1 is 1.18 bits per heavy atom. The fraction of sp³-hybridized carbons (Fsp3) is 0.571. The van der Waals surface area contributed by atoms with Crippen molar-refractivity contribution in [3.05, 3.63) is 29.3 Å². The van der Waals surface area contributed by atoms with Crippen molar-refractivity contribution in [2.45, 2.75) is 46.1 Å². The molecule has 1 aromatic rings. The molecule has 1 saturated heterocycles. The maximum Gasteiger partial charge on any atom is 0.328 e. The van der Waals surface area contributed by atoms with Gasteiger partial charge in [0.1, 0.15) is 6.04 Å². The van der Waals surface area contributed by atoms with Gasteiger partial charge >= 0.3 is 5.97 Å². The largest absolute Gasteiger partial charge is 0.464 e. The Labute approximate surface area is 167 Å². The third-order valence-electron chi connectivity index (χ3n) is 5.04.